The van der Waals surface area contributed by atoms with Gasteiger partial charge in [-0.2, -0.15) is 0 Å². The van der Waals surface area contributed by atoms with Crippen LogP contribution in [0.2, 0.25) is 0 Å². The van der Waals surface area contributed by atoms with Gasteiger partial charge in [0.05, 0.1) is 24.3 Å². The Bertz CT molecular complexity index is 951. The summed E-state index contributed by atoms with van der Waals surface area (Å²) < 4.78 is 7.14. The van der Waals surface area contributed by atoms with Crippen LogP contribution in [0.1, 0.15) is 0 Å². The van der Waals surface area contributed by atoms with Crippen LogP contribution in [-0.2, 0) is 11.3 Å². The molecule has 0 radical (unpaired) electrons. The molecule has 3 rings (SSSR count). The summed E-state index contributed by atoms with van der Waals surface area (Å²) in [5.41, 5.74) is 0.964. The van der Waals surface area contributed by atoms with Crippen molar-refractivity contribution >= 4 is 38.4 Å². The second-order valence-electron chi connectivity index (χ2n) is 5.12. The van der Waals surface area contributed by atoms with Crippen LogP contribution in [0.25, 0.3) is 10.9 Å². The van der Waals surface area contributed by atoms with Gasteiger partial charge in [-0.25, -0.2) is 4.98 Å². The summed E-state index contributed by atoms with van der Waals surface area (Å²) >= 11 is 3.33. The molecule has 0 aliphatic rings. The first-order chi connectivity index (χ1) is 11.6. The normalized spacial score (nSPS) is 10.6. The van der Waals surface area contributed by atoms with Crippen LogP contribution in [0.4, 0.5) is 5.69 Å². The van der Waals surface area contributed by atoms with Gasteiger partial charge in [0.2, 0.25) is 5.91 Å². The molecule has 0 saturated heterocycles. The van der Waals surface area contributed by atoms with Crippen LogP contribution in [0, 0.1) is 0 Å². The minimum Gasteiger partial charge on any atom is -0.497 e. The van der Waals surface area contributed by atoms with Crippen molar-refractivity contribution in [2.75, 3.05) is 12.4 Å². The number of nitrogens with one attached hydrogen (secondary N) is 1. The maximum Gasteiger partial charge on any atom is 0.261 e. The number of ether oxygens (including phenoxy) is 1. The standard InChI is InChI=1S/C17H14BrN3O3/c1-24-13-5-3-12(4-6-13)20-16(22)9-21-10-19-15-7-2-11(18)8-14(15)17(21)23/h2-8,10H,9H2,1H3,(H,20,22). The molecule has 122 valence electrons. The van der Waals surface area contributed by atoms with E-state index >= 15 is 0 Å². The van der Waals surface area contributed by atoms with Crippen molar-refractivity contribution in [1.82, 2.24) is 9.55 Å². The zero-order valence-corrected chi connectivity index (χ0v) is 14.4. The molecule has 1 heterocycles. The molecule has 24 heavy (non-hydrogen) atoms. The minimum absolute atomic E-state index is 0.111. The van der Waals surface area contributed by atoms with E-state index in [1.54, 1.807) is 43.5 Å². The van der Waals surface area contributed by atoms with Gasteiger partial charge in [0.25, 0.3) is 5.56 Å². The summed E-state index contributed by atoms with van der Waals surface area (Å²) in [7, 11) is 1.57. The number of halogens is 1. The van der Waals surface area contributed by atoms with Gasteiger partial charge in [0, 0.05) is 10.2 Å². The van der Waals surface area contributed by atoms with Crippen LogP contribution in [0.5, 0.6) is 5.75 Å². The van der Waals surface area contributed by atoms with Gasteiger partial charge in [-0.3, -0.25) is 14.2 Å². The highest BCUT2D eigenvalue weighted by molar-refractivity contribution is 9.10. The van der Waals surface area contributed by atoms with Crippen LogP contribution >= 0.6 is 15.9 Å². The average molecular weight is 388 g/mol. The number of anilines is 1. The summed E-state index contributed by atoms with van der Waals surface area (Å²) in [6.45, 7) is -0.111. The zero-order valence-electron chi connectivity index (χ0n) is 12.8. The van der Waals surface area contributed by atoms with Gasteiger partial charge in [0.15, 0.2) is 0 Å². The number of amides is 1. The third kappa shape index (κ3) is 3.46. The maximum absolute atomic E-state index is 12.5. The Labute approximate surface area is 146 Å². The van der Waals surface area contributed by atoms with Crippen molar-refractivity contribution in [3.8, 4) is 5.75 Å². The smallest absolute Gasteiger partial charge is 0.261 e. The lowest BCUT2D eigenvalue weighted by Crippen LogP contribution is -2.27. The Balaban J connectivity index is 1.79. The molecule has 1 aromatic heterocycles. The number of fused-ring (bicyclic) bond motifs is 1. The van der Waals surface area contributed by atoms with Gasteiger partial charge in [-0.1, -0.05) is 15.9 Å². The van der Waals surface area contributed by atoms with Crippen molar-refractivity contribution in [3.05, 3.63) is 63.6 Å². The first kappa shape index (κ1) is 16.2. The molecule has 1 N–H and O–H groups in total. The molecule has 0 unspecified atom stereocenters. The van der Waals surface area contributed by atoms with Gasteiger partial charge in [-0.15, -0.1) is 0 Å². The third-order valence-corrected chi connectivity index (χ3v) is 3.97. The summed E-state index contributed by atoms with van der Waals surface area (Å²) in [6.07, 6.45) is 1.38. The number of carbonyl (C=O) groups excluding carboxylic acids is 1. The molecule has 0 spiro atoms. The highest BCUT2D eigenvalue weighted by Crippen LogP contribution is 2.16. The van der Waals surface area contributed by atoms with E-state index in [0.29, 0.717) is 22.3 Å². The predicted octanol–water partition coefficient (Wildman–Crippen LogP) is 2.81. The number of aromatic nitrogens is 2. The predicted molar refractivity (Wildman–Crippen MR) is 95.3 cm³/mol. The summed E-state index contributed by atoms with van der Waals surface area (Å²) in [4.78, 5) is 28.8. The molecule has 0 aliphatic carbocycles. The van der Waals surface area contributed by atoms with Gasteiger partial charge in [-0.05, 0) is 42.5 Å². The number of benzene rings is 2. The molecular formula is C17H14BrN3O3. The Morgan fingerprint density at radius 1 is 1.25 bits per heavy atom. The fraction of sp³-hybridized carbons (Fsp3) is 0.118. The van der Waals surface area contributed by atoms with Crippen molar-refractivity contribution < 1.29 is 9.53 Å². The second-order valence-corrected chi connectivity index (χ2v) is 6.03. The first-order valence-corrected chi connectivity index (χ1v) is 7.95. The lowest BCUT2D eigenvalue weighted by molar-refractivity contribution is -0.116. The van der Waals surface area contributed by atoms with E-state index in [2.05, 4.69) is 26.2 Å². The van der Waals surface area contributed by atoms with Gasteiger partial charge < -0.3 is 10.1 Å². The van der Waals surface area contributed by atoms with E-state index in [-0.39, 0.29) is 18.0 Å². The number of hydrogen-bond donors (Lipinski definition) is 1. The SMILES string of the molecule is COc1ccc(NC(=O)Cn2cnc3ccc(Br)cc3c2=O)cc1. The van der Waals surface area contributed by atoms with Gasteiger partial charge >= 0.3 is 0 Å². The lowest BCUT2D eigenvalue weighted by atomic mass is 10.2. The minimum atomic E-state index is -0.307. The molecule has 0 aliphatic heterocycles. The summed E-state index contributed by atoms with van der Waals surface area (Å²) in [5, 5.41) is 3.20. The van der Waals surface area contributed by atoms with E-state index in [1.165, 1.54) is 10.9 Å². The first-order valence-electron chi connectivity index (χ1n) is 7.15. The zero-order chi connectivity index (χ0) is 17.1. The van der Waals surface area contributed by atoms with E-state index < -0.39 is 0 Å². The molecule has 3 aromatic rings. The highest BCUT2D eigenvalue weighted by Gasteiger charge is 2.09. The van der Waals surface area contributed by atoms with Crippen LogP contribution in [0.3, 0.4) is 0 Å². The average Bonchev–Trinajstić information content (AvgIpc) is 2.58. The van der Waals surface area contributed by atoms with Crippen molar-refractivity contribution in [3.63, 3.8) is 0 Å². The van der Waals surface area contributed by atoms with E-state index in [1.807, 2.05) is 6.07 Å². The molecule has 6 nitrogen and oxygen atoms in total. The Morgan fingerprint density at radius 3 is 2.71 bits per heavy atom. The maximum atomic E-state index is 12.5. The lowest BCUT2D eigenvalue weighted by Gasteiger charge is -2.08. The summed E-state index contributed by atoms with van der Waals surface area (Å²) in [6, 6.07) is 12.2. The fourth-order valence-corrected chi connectivity index (χ4v) is 2.63. The molecule has 7 heteroatoms. The number of methoxy groups -OCH3 is 1. The summed E-state index contributed by atoms with van der Waals surface area (Å²) in [5.74, 6) is 0.395. The number of rotatable bonds is 4. The second kappa shape index (κ2) is 6.84. The Morgan fingerprint density at radius 2 is 2.00 bits per heavy atom. The quantitative estimate of drug-likeness (QED) is 0.746. The van der Waals surface area contributed by atoms with Crippen LogP contribution < -0.4 is 15.6 Å². The highest BCUT2D eigenvalue weighted by atomic mass is 79.9. The monoisotopic (exact) mass is 387 g/mol. The number of hydrogen-bond acceptors (Lipinski definition) is 4. The number of nitrogens with zero attached hydrogens (tertiary/aromatic N) is 2. The number of carbonyl (C=O) groups is 1. The Kier molecular flexibility index (Phi) is 4.61. The van der Waals surface area contributed by atoms with E-state index in [9.17, 15) is 9.59 Å². The third-order valence-electron chi connectivity index (χ3n) is 3.47. The topological polar surface area (TPSA) is 73.2 Å². The molecule has 0 bridgehead atoms. The molecular weight excluding hydrogens is 374 g/mol. The molecule has 2 aromatic carbocycles. The van der Waals surface area contributed by atoms with Gasteiger partial charge in [0.1, 0.15) is 12.3 Å². The van der Waals surface area contributed by atoms with E-state index in [0.717, 1.165) is 4.47 Å². The van der Waals surface area contributed by atoms with Crippen molar-refractivity contribution in [2.24, 2.45) is 0 Å². The Hall–Kier alpha value is -2.67. The van der Waals surface area contributed by atoms with Crippen LogP contribution in [-0.4, -0.2) is 22.6 Å². The van der Waals surface area contributed by atoms with Crippen molar-refractivity contribution in [1.29, 1.82) is 0 Å². The molecule has 0 saturated carbocycles. The molecule has 0 fully saturated rings. The van der Waals surface area contributed by atoms with Crippen LogP contribution in [0.15, 0.2) is 58.1 Å². The molecule has 0 atom stereocenters. The van der Waals surface area contributed by atoms with Crippen molar-refractivity contribution in [2.45, 2.75) is 6.54 Å². The largest absolute Gasteiger partial charge is 0.497 e. The molecule has 1 amide bonds. The van der Waals surface area contributed by atoms with E-state index in [4.69, 9.17) is 4.74 Å². The fourth-order valence-electron chi connectivity index (χ4n) is 2.27.